The molecule has 0 spiro atoms. The van der Waals surface area contributed by atoms with E-state index in [1.807, 2.05) is 0 Å². The van der Waals surface area contributed by atoms with Crippen LogP contribution in [-0.2, 0) is 11.2 Å². The Morgan fingerprint density at radius 2 is 1.78 bits per heavy atom. The molecule has 0 radical (unpaired) electrons. The molecule has 0 fully saturated rings. The highest BCUT2D eigenvalue weighted by atomic mass is 35.5. The summed E-state index contributed by atoms with van der Waals surface area (Å²) in [5, 5.41) is 9.67. The Bertz CT molecular complexity index is 1280. The van der Waals surface area contributed by atoms with E-state index in [4.69, 9.17) is 21.1 Å². The van der Waals surface area contributed by atoms with Crippen LogP contribution in [0.1, 0.15) is 46.7 Å². The molecular weight excluding hydrogens is 529 g/mol. The number of ether oxygens (including phenoxy) is 2. The van der Waals surface area contributed by atoms with Crippen molar-refractivity contribution in [3.63, 3.8) is 0 Å². The topological polar surface area (TPSA) is 72.8 Å². The van der Waals surface area contributed by atoms with Gasteiger partial charge in [0.05, 0.1) is 17.5 Å². The summed E-state index contributed by atoms with van der Waals surface area (Å²) >= 11 is 6.17. The van der Waals surface area contributed by atoms with Gasteiger partial charge in [-0.1, -0.05) is 23.7 Å². The van der Waals surface area contributed by atoms with Crippen LogP contribution in [0.4, 0.5) is 13.2 Å². The number of carboxylic acids is 1. The molecule has 0 saturated carbocycles. The molecule has 0 aromatic heterocycles. The van der Waals surface area contributed by atoms with E-state index in [-0.39, 0.29) is 40.5 Å². The number of hydrogen-bond donors (Lipinski definition) is 1. The number of alkyl halides is 3. The molecule has 5 nitrogen and oxygen atoms in total. The molecule has 3 aromatic carbocycles. The third kappa shape index (κ3) is 7.20. The molecule has 194 valence electrons. The smallest absolute Gasteiger partial charge is 0.446 e. The van der Waals surface area contributed by atoms with Gasteiger partial charge in [0.15, 0.2) is 5.78 Å². The van der Waals surface area contributed by atoms with Gasteiger partial charge in [0.2, 0.25) is 0 Å². The Kier molecular flexibility index (Phi) is 8.34. The first-order chi connectivity index (χ1) is 17.6. The van der Waals surface area contributed by atoms with Gasteiger partial charge in [-0.2, -0.15) is 13.2 Å². The molecule has 1 atom stereocenters. The molecule has 10 heteroatoms. The summed E-state index contributed by atoms with van der Waals surface area (Å²) in [6.07, 6.45) is 1.79. The van der Waals surface area contributed by atoms with Crippen molar-refractivity contribution in [1.82, 2.24) is 0 Å². The maximum Gasteiger partial charge on any atom is 0.446 e. The van der Waals surface area contributed by atoms with Gasteiger partial charge in [-0.15, -0.1) is 0 Å². The van der Waals surface area contributed by atoms with Crippen molar-refractivity contribution in [2.75, 3.05) is 6.61 Å². The number of carbonyl (C=O) groups excluding carboxylic acids is 1. The van der Waals surface area contributed by atoms with Crippen LogP contribution in [0.3, 0.4) is 0 Å². The molecule has 3 aromatic rings. The normalized spacial score (nSPS) is 15.0. The monoisotopic (exact) mass is 550 g/mol. The third-order valence-electron chi connectivity index (χ3n) is 5.83. The Morgan fingerprint density at radius 1 is 1.08 bits per heavy atom. The second-order valence-electron chi connectivity index (χ2n) is 8.44. The summed E-state index contributed by atoms with van der Waals surface area (Å²) < 4.78 is 48.7. The molecule has 0 saturated heterocycles. The van der Waals surface area contributed by atoms with Gasteiger partial charge in [0.1, 0.15) is 17.2 Å². The number of thioether (sulfide) groups is 1. The summed E-state index contributed by atoms with van der Waals surface area (Å²) in [5.74, 6) is -0.513. The number of carboxylic acid groups (broad SMARTS) is 1. The number of halogens is 4. The van der Waals surface area contributed by atoms with Crippen molar-refractivity contribution in [1.29, 1.82) is 0 Å². The predicted octanol–water partition coefficient (Wildman–Crippen LogP) is 7.90. The third-order valence-corrected chi connectivity index (χ3v) is 6.87. The van der Waals surface area contributed by atoms with Gasteiger partial charge in [0.25, 0.3) is 0 Å². The van der Waals surface area contributed by atoms with E-state index in [1.54, 1.807) is 48.5 Å². The average Bonchev–Trinajstić information content (AvgIpc) is 2.84. The van der Waals surface area contributed by atoms with Crippen LogP contribution < -0.4 is 9.47 Å². The zero-order valence-electron chi connectivity index (χ0n) is 19.4. The summed E-state index contributed by atoms with van der Waals surface area (Å²) in [6, 6.07) is 15.8. The molecule has 1 aliphatic rings. The van der Waals surface area contributed by atoms with Crippen LogP contribution >= 0.6 is 23.4 Å². The molecule has 4 rings (SSSR count). The van der Waals surface area contributed by atoms with Gasteiger partial charge in [0, 0.05) is 28.5 Å². The molecular formula is C27H22ClF3O5S. The van der Waals surface area contributed by atoms with E-state index in [0.717, 1.165) is 5.56 Å². The van der Waals surface area contributed by atoms with E-state index in [1.165, 1.54) is 12.1 Å². The zero-order chi connectivity index (χ0) is 26.6. The van der Waals surface area contributed by atoms with Crippen LogP contribution in [0, 0.1) is 0 Å². The predicted molar refractivity (Wildman–Crippen MR) is 134 cm³/mol. The molecule has 0 aliphatic carbocycles. The Labute approximate surface area is 220 Å². The van der Waals surface area contributed by atoms with Crippen molar-refractivity contribution in [3.8, 4) is 17.2 Å². The lowest BCUT2D eigenvalue weighted by Crippen LogP contribution is -2.20. The Hall–Kier alpha value is -3.17. The minimum atomic E-state index is -4.32. The number of rotatable bonds is 9. The van der Waals surface area contributed by atoms with E-state index in [2.05, 4.69) is 0 Å². The van der Waals surface area contributed by atoms with E-state index in [0.29, 0.717) is 47.6 Å². The number of aliphatic carboxylic acids is 1. The number of fused-ring (bicyclic) bond motifs is 1. The maximum absolute atomic E-state index is 12.6. The van der Waals surface area contributed by atoms with Crippen LogP contribution in [0.5, 0.6) is 17.2 Å². The Morgan fingerprint density at radius 3 is 2.43 bits per heavy atom. The van der Waals surface area contributed by atoms with Gasteiger partial charge in [-0.25, -0.2) is 0 Å². The number of benzene rings is 3. The van der Waals surface area contributed by atoms with Crippen LogP contribution in [-0.4, -0.2) is 29.0 Å². The number of Topliss-reactive ketones (excluding diaryl/α,β-unsaturated/α-hetero) is 1. The molecule has 0 amide bonds. The second kappa shape index (κ2) is 11.5. The first-order valence-electron chi connectivity index (χ1n) is 11.4. The lowest BCUT2D eigenvalue weighted by Gasteiger charge is -2.24. The SMILES string of the molecule is O=C(CCCc1ccc(SC(F)(F)F)cc1)c1ccc(Oc2cc3c(cc2Cl)C(C(=O)O)CCO3)cc1. The Balaban J connectivity index is 1.32. The number of aryl methyl sites for hydroxylation is 1. The van der Waals surface area contributed by atoms with Crippen molar-refractivity contribution in [3.05, 3.63) is 82.4 Å². The minimum absolute atomic E-state index is 0.0595. The zero-order valence-corrected chi connectivity index (χ0v) is 21.0. The lowest BCUT2D eigenvalue weighted by atomic mass is 9.93. The minimum Gasteiger partial charge on any atom is -0.493 e. The maximum atomic E-state index is 12.6. The fourth-order valence-electron chi connectivity index (χ4n) is 4.02. The quantitative estimate of drug-likeness (QED) is 0.216. The number of hydrogen-bond acceptors (Lipinski definition) is 5. The highest BCUT2D eigenvalue weighted by Gasteiger charge is 2.30. The van der Waals surface area contributed by atoms with Crippen molar-refractivity contribution >= 4 is 35.1 Å². The highest BCUT2D eigenvalue weighted by Crippen LogP contribution is 2.42. The van der Waals surface area contributed by atoms with Gasteiger partial charge in [-0.05, 0) is 79.1 Å². The largest absolute Gasteiger partial charge is 0.493 e. The van der Waals surface area contributed by atoms with Crippen LogP contribution in [0.25, 0.3) is 0 Å². The van der Waals surface area contributed by atoms with Crippen LogP contribution in [0.2, 0.25) is 5.02 Å². The lowest BCUT2D eigenvalue weighted by molar-refractivity contribution is -0.139. The summed E-state index contributed by atoms with van der Waals surface area (Å²) in [6.45, 7) is 0.282. The van der Waals surface area contributed by atoms with E-state index in [9.17, 15) is 27.9 Å². The molecule has 1 heterocycles. The standard InChI is InChI=1S/C27H22ClF3O5S/c28-22-14-21-20(26(33)34)12-13-35-24(21)15-25(22)36-18-8-6-17(7-9-18)23(32)3-1-2-16-4-10-19(11-5-16)37-27(29,30)31/h4-11,14-15,20H,1-3,12-13H2,(H,33,34). The number of ketones is 1. The van der Waals surface area contributed by atoms with Crippen molar-refractivity contribution < 1.29 is 37.3 Å². The van der Waals surface area contributed by atoms with Gasteiger partial charge < -0.3 is 14.6 Å². The first-order valence-corrected chi connectivity index (χ1v) is 12.6. The molecule has 1 aliphatic heterocycles. The fourth-order valence-corrected chi connectivity index (χ4v) is 4.77. The van der Waals surface area contributed by atoms with Gasteiger partial charge in [-0.3, -0.25) is 9.59 Å². The molecule has 37 heavy (non-hydrogen) atoms. The molecule has 1 unspecified atom stereocenters. The van der Waals surface area contributed by atoms with Crippen molar-refractivity contribution in [2.24, 2.45) is 0 Å². The molecule has 1 N–H and O–H groups in total. The van der Waals surface area contributed by atoms with Crippen LogP contribution in [0.15, 0.2) is 65.6 Å². The summed E-state index contributed by atoms with van der Waals surface area (Å²) in [4.78, 5) is 24.2. The second-order valence-corrected chi connectivity index (χ2v) is 9.99. The van der Waals surface area contributed by atoms with E-state index < -0.39 is 17.4 Å². The number of carbonyl (C=O) groups is 2. The average molecular weight is 551 g/mol. The fraction of sp³-hybridized carbons (Fsp3) is 0.259. The summed E-state index contributed by atoms with van der Waals surface area (Å²) in [5.41, 5.74) is -2.44. The molecule has 0 bridgehead atoms. The van der Waals surface area contributed by atoms with Gasteiger partial charge >= 0.3 is 11.5 Å². The summed E-state index contributed by atoms with van der Waals surface area (Å²) in [7, 11) is 0. The van der Waals surface area contributed by atoms with Crippen molar-refractivity contribution in [2.45, 2.75) is 42.0 Å². The van der Waals surface area contributed by atoms with E-state index >= 15 is 0 Å². The highest BCUT2D eigenvalue weighted by molar-refractivity contribution is 8.00. The first kappa shape index (κ1) is 26.9.